The predicted molar refractivity (Wildman–Crippen MR) is 88.5 cm³/mol. The van der Waals surface area contributed by atoms with Gasteiger partial charge in [-0.2, -0.15) is 0 Å². The number of amides is 1. The molecular weight excluding hydrogens is 316 g/mol. The second kappa shape index (κ2) is 6.10. The first-order chi connectivity index (χ1) is 10.8. The molecule has 1 saturated heterocycles. The van der Waals surface area contributed by atoms with Crippen molar-refractivity contribution in [1.29, 1.82) is 0 Å². The lowest BCUT2D eigenvalue weighted by Gasteiger charge is -2.43. The molecule has 22 heavy (non-hydrogen) atoms. The van der Waals surface area contributed by atoms with Crippen molar-refractivity contribution in [3.63, 3.8) is 0 Å². The lowest BCUT2D eigenvalue weighted by molar-refractivity contribution is -0.0754. The second-order valence-electron chi connectivity index (χ2n) is 5.77. The molecule has 4 rings (SSSR count). The van der Waals surface area contributed by atoms with Crippen molar-refractivity contribution in [1.82, 2.24) is 9.88 Å². The molecule has 1 aliphatic heterocycles. The summed E-state index contributed by atoms with van der Waals surface area (Å²) in [5.74, 6) is 0.0688. The van der Waals surface area contributed by atoms with E-state index in [1.165, 1.54) is 12.8 Å². The normalized spacial score (nSPS) is 25.0. The summed E-state index contributed by atoms with van der Waals surface area (Å²) in [5, 5.41) is 4.86. The molecule has 2 aromatic heterocycles. The maximum atomic E-state index is 12.9. The largest absolute Gasteiger partial charge is 0.374 e. The number of rotatable bonds is 2. The quantitative estimate of drug-likeness (QED) is 0.842. The van der Waals surface area contributed by atoms with Gasteiger partial charge < -0.3 is 9.64 Å². The number of hydrogen-bond acceptors (Lipinski definition) is 5. The van der Waals surface area contributed by atoms with Gasteiger partial charge in [0.2, 0.25) is 0 Å². The van der Waals surface area contributed by atoms with E-state index in [4.69, 9.17) is 4.74 Å². The Hall–Kier alpha value is -1.24. The Morgan fingerprint density at radius 1 is 1.32 bits per heavy atom. The summed E-state index contributed by atoms with van der Waals surface area (Å²) in [4.78, 5) is 20.5. The van der Waals surface area contributed by atoms with Gasteiger partial charge in [-0.15, -0.1) is 22.7 Å². The molecule has 3 heterocycles. The van der Waals surface area contributed by atoms with E-state index < -0.39 is 0 Å². The monoisotopic (exact) mass is 334 g/mol. The average Bonchev–Trinajstić information content (AvgIpc) is 3.24. The third-order valence-corrected chi connectivity index (χ3v) is 6.33. The molecule has 0 bridgehead atoms. The Morgan fingerprint density at radius 2 is 2.23 bits per heavy atom. The summed E-state index contributed by atoms with van der Waals surface area (Å²) in [6.07, 6.45) is 4.75. The molecule has 2 atom stereocenters. The van der Waals surface area contributed by atoms with Crippen molar-refractivity contribution in [3.05, 3.63) is 28.6 Å². The Balaban J connectivity index is 1.56. The van der Waals surface area contributed by atoms with E-state index in [9.17, 15) is 4.79 Å². The van der Waals surface area contributed by atoms with Crippen LogP contribution < -0.4 is 0 Å². The number of carbonyl (C=O) groups excluding carboxylic acids is 1. The number of hydrogen-bond donors (Lipinski definition) is 0. The van der Waals surface area contributed by atoms with E-state index in [0.29, 0.717) is 18.8 Å². The van der Waals surface area contributed by atoms with E-state index in [-0.39, 0.29) is 18.1 Å². The minimum Gasteiger partial charge on any atom is -0.374 e. The van der Waals surface area contributed by atoms with Gasteiger partial charge in [-0.3, -0.25) is 4.79 Å². The van der Waals surface area contributed by atoms with Gasteiger partial charge in [0.25, 0.3) is 5.91 Å². The van der Waals surface area contributed by atoms with Crippen molar-refractivity contribution < 1.29 is 9.53 Å². The van der Waals surface area contributed by atoms with Crippen molar-refractivity contribution >= 4 is 28.6 Å². The number of aromatic nitrogens is 1. The zero-order valence-electron chi connectivity index (χ0n) is 12.2. The van der Waals surface area contributed by atoms with Crippen LogP contribution in [0.1, 0.15) is 36.2 Å². The zero-order chi connectivity index (χ0) is 14.9. The van der Waals surface area contributed by atoms with Gasteiger partial charge in [-0.05, 0) is 24.3 Å². The van der Waals surface area contributed by atoms with Crippen LogP contribution in [0.5, 0.6) is 0 Å². The molecule has 6 heteroatoms. The Kier molecular flexibility index (Phi) is 3.98. The lowest BCUT2D eigenvalue weighted by Crippen LogP contribution is -2.54. The number of morpholine rings is 1. The smallest absolute Gasteiger partial charge is 0.273 e. The van der Waals surface area contributed by atoms with E-state index in [2.05, 4.69) is 4.98 Å². The third-order valence-electron chi connectivity index (χ3n) is 4.45. The van der Waals surface area contributed by atoms with Crippen LogP contribution in [0, 0.1) is 0 Å². The summed E-state index contributed by atoms with van der Waals surface area (Å²) in [7, 11) is 0. The van der Waals surface area contributed by atoms with Crippen molar-refractivity contribution in [2.24, 2.45) is 0 Å². The second-order valence-corrected chi connectivity index (χ2v) is 7.58. The molecule has 0 spiro atoms. The van der Waals surface area contributed by atoms with Gasteiger partial charge in [0.05, 0.1) is 23.6 Å². The van der Waals surface area contributed by atoms with Gasteiger partial charge in [0.1, 0.15) is 10.7 Å². The van der Waals surface area contributed by atoms with Crippen LogP contribution in [0.25, 0.3) is 9.88 Å². The summed E-state index contributed by atoms with van der Waals surface area (Å²) < 4.78 is 5.85. The number of carbonyl (C=O) groups is 1. The minimum absolute atomic E-state index is 0.0688. The maximum Gasteiger partial charge on any atom is 0.273 e. The van der Waals surface area contributed by atoms with Gasteiger partial charge in [-0.25, -0.2) is 4.98 Å². The highest BCUT2D eigenvalue weighted by Gasteiger charge is 2.37. The Morgan fingerprint density at radius 3 is 3.09 bits per heavy atom. The molecule has 4 nitrogen and oxygen atoms in total. The van der Waals surface area contributed by atoms with Gasteiger partial charge in [-0.1, -0.05) is 18.9 Å². The fourth-order valence-corrected chi connectivity index (χ4v) is 4.99. The lowest BCUT2D eigenvalue weighted by atomic mass is 9.90. The molecule has 0 radical (unpaired) electrons. The molecule has 1 amide bonds. The first kappa shape index (κ1) is 14.4. The van der Waals surface area contributed by atoms with Crippen LogP contribution in [-0.4, -0.2) is 41.1 Å². The van der Waals surface area contributed by atoms with Crippen LogP contribution in [0.15, 0.2) is 22.9 Å². The number of thiophene rings is 1. The van der Waals surface area contributed by atoms with Gasteiger partial charge in [0, 0.05) is 11.9 Å². The molecule has 1 saturated carbocycles. The highest BCUT2D eigenvalue weighted by molar-refractivity contribution is 7.20. The van der Waals surface area contributed by atoms with Crippen LogP contribution in [0.3, 0.4) is 0 Å². The van der Waals surface area contributed by atoms with Gasteiger partial charge in [0.15, 0.2) is 0 Å². The number of nitrogens with zero attached hydrogens (tertiary/aromatic N) is 2. The molecule has 2 fully saturated rings. The molecule has 2 aliphatic rings. The summed E-state index contributed by atoms with van der Waals surface area (Å²) in [6.45, 7) is 1.33. The predicted octanol–water partition coefficient (Wildman–Crippen LogP) is 3.66. The van der Waals surface area contributed by atoms with E-state index in [0.717, 1.165) is 22.7 Å². The molecule has 0 aromatic carbocycles. The molecule has 116 valence electrons. The summed E-state index contributed by atoms with van der Waals surface area (Å²) in [5.41, 5.74) is 0.583. The molecule has 0 N–H and O–H groups in total. The minimum atomic E-state index is 0.0688. The number of fused-ring (bicyclic) bond motifs is 1. The van der Waals surface area contributed by atoms with E-state index >= 15 is 0 Å². The molecule has 2 aromatic rings. The maximum absolute atomic E-state index is 12.9. The van der Waals surface area contributed by atoms with Crippen molar-refractivity contribution in [3.8, 4) is 9.88 Å². The van der Waals surface area contributed by atoms with Crippen LogP contribution in [-0.2, 0) is 4.74 Å². The highest BCUT2D eigenvalue weighted by atomic mass is 32.1. The SMILES string of the molecule is O=C(c1csc(-c2cccs2)n1)N1CCO[C@@H]2CCCC[C@@H]21. The summed E-state index contributed by atoms with van der Waals surface area (Å²) >= 11 is 3.21. The number of ether oxygens (including phenoxy) is 1. The zero-order valence-corrected chi connectivity index (χ0v) is 13.9. The molecule has 1 aliphatic carbocycles. The standard InChI is InChI=1S/C16H18N2O2S2/c19-16(11-10-22-15(17-11)14-6-3-9-21-14)18-7-8-20-13-5-2-1-4-12(13)18/h3,6,9-10,12-13H,1-2,4-5,7-8H2/t12-,13+/m0/s1. The number of thiazole rings is 1. The third kappa shape index (κ3) is 2.59. The van der Waals surface area contributed by atoms with Gasteiger partial charge >= 0.3 is 0 Å². The van der Waals surface area contributed by atoms with E-state index in [1.54, 1.807) is 22.7 Å². The first-order valence-corrected chi connectivity index (χ1v) is 9.51. The van der Waals surface area contributed by atoms with Crippen molar-refractivity contribution in [2.75, 3.05) is 13.2 Å². The summed E-state index contributed by atoms with van der Waals surface area (Å²) in [6, 6.07) is 4.29. The van der Waals surface area contributed by atoms with Crippen LogP contribution >= 0.6 is 22.7 Å². The Bertz CT molecular complexity index is 651. The van der Waals surface area contributed by atoms with Crippen molar-refractivity contribution in [2.45, 2.75) is 37.8 Å². The van der Waals surface area contributed by atoms with E-state index in [1.807, 2.05) is 27.8 Å². The first-order valence-electron chi connectivity index (χ1n) is 7.75. The Labute approximate surface area is 137 Å². The fraction of sp³-hybridized carbons (Fsp3) is 0.500. The molecular formula is C16H18N2O2S2. The average molecular weight is 334 g/mol. The fourth-order valence-electron chi connectivity index (χ4n) is 3.38. The van der Waals surface area contributed by atoms with Crippen LogP contribution in [0.4, 0.5) is 0 Å². The highest BCUT2D eigenvalue weighted by Crippen LogP contribution is 2.31. The molecule has 0 unspecified atom stereocenters. The topological polar surface area (TPSA) is 42.4 Å². The van der Waals surface area contributed by atoms with Crippen LogP contribution in [0.2, 0.25) is 0 Å².